The second-order valence-electron chi connectivity index (χ2n) is 3.51. The fourth-order valence-corrected chi connectivity index (χ4v) is 1.57. The van der Waals surface area contributed by atoms with Crippen LogP contribution in [0.15, 0.2) is 59.8 Å². The van der Waals surface area contributed by atoms with Crippen molar-refractivity contribution in [2.24, 2.45) is 4.99 Å². The molecule has 0 radical (unpaired) electrons. The van der Waals surface area contributed by atoms with Gasteiger partial charge in [-0.05, 0) is 35.4 Å². The maximum Gasteiger partial charge on any atom is 0.123 e. The van der Waals surface area contributed by atoms with Crippen molar-refractivity contribution in [2.45, 2.75) is 6.42 Å². The van der Waals surface area contributed by atoms with Gasteiger partial charge in [0.15, 0.2) is 0 Å². The van der Waals surface area contributed by atoms with Gasteiger partial charge in [0.1, 0.15) is 5.82 Å². The van der Waals surface area contributed by atoms with Gasteiger partial charge in [0.05, 0.1) is 5.70 Å². The van der Waals surface area contributed by atoms with Crippen LogP contribution in [-0.4, -0.2) is 6.21 Å². The molecule has 0 atom stereocenters. The van der Waals surface area contributed by atoms with Crippen LogP contribution in [0.5, 0.6) is 0 Å². The van der Waals surface area contributed by atoms with Crippen molar-refractivity contribution in [3.63, 3.8) is 0 Å². The number of rotatable bonds is 2. The molecular formula is C14H12FN. The van der Waals surface area contributed by atoms with E-state index < -0.39 is 0 Å². The van der Waals surface area contributed by atoms with E-state index in [1.165, 1.54) is 12.1 Å². The number of hydrogen-bond acceptors (Lipinski definition) is 1. The lowest BCUT2D eigenvalue weighted by Crippen LogP contribution is -1.86. The fraction of sp³-hybridized carbons (Fsp3) is 0.0714. The summed E-state index contributed by atoms with van der Waals surface area (Å²) >= 11 is 0. The summed E-state index contributed by atoms with van der Waals surface area (Å²) in [4.78, 5) is 4.21. The van der Waals surface area contributed by atoms with E-state index in [-0.39, 0.29) is 5.82 Å². The van der Waals surface area contributed by atoms with E-state index in [0.717, 1.165) is 16.8 Å². The molecule has 0 fully saturated rings. The van der Waals surface area contributed by atoms with E-state index >= 15 is 0 Å². The maximum atomic E-state index is 13.1. The molecule has 0 unspecified atom stereocenters. The quantitative estimate of drug-likeness (QED) is 0.709. The third-order valence-electron chi connectivity index (χ3n) is 2.41. The van der Waals surface area contributed by atoms with Gasteiger partial charge in [0.25, 0.3) is 0 Å². The van der Waals surface area contributed by atoms with Crippen LogP contribution in [0.2, 0.25) is 0 Å². The molecule has 0 saturated heterocycles. The first-order valence-electron chi connectivity index (χ1n) is 5.11. The molecule has 1 aliphatic heterocycles. The SMILES string of the molecule is C=CC1=CC=C(c2cccc(F)c2)CC=N1. The molecule has 2 rings (SSSR count). The molecule has 0 bridgehead atoms. The van der Waals surface area contributed by atoms with Crippen molar-refractivity contribution in [1.82, 2.24) is 0 Å². The first-order valence-corrected chi connectivity index (χ1v) is 5.11. The van der Waals surface area contributed by atoms with Gasteiger partial charge in [0.2, 0.25) is 0 Å². The van der Waals surface area contributed by atoms with Gasteiger partial charge in [-0.15, -0.1) is 0 Å². The van der Waals surface area contributed by atoms with E-state index in [9.17, 15) is 4.39 Å². The molecule has 16 heavy (non-hydrogen) atoms. The molecule has 0 saturated carbocycles. The fourth-order valence-electron chi connectivity index (χ4n) is 1.57. The Balaban J connectivity index is 2.36. The van der Waals surface area contributed by atoms with E-state index in [1.807, 2.05) is 24.4 Å². The van der Waals surface area contributed by atoms with Crippen LogP contribution >= 0.6 is 0 Å². The Morgan fingerprint density at radius 3 is 2.94 bits per heavy atom. The molecule has 2 heteroatoms. The van der Waals surface area contributed by atoms with Crippen molar-refractivity contribution in [3.8, 4) is 0 Å². The highest BCUT2D eigenvalue weighted by molar-refractivity contribution is 5.82. The Bertz CT molecular complexity index is 495. The lowest BCUT2D eigenvalue weighted by molar-refractivity contribution is 0.627. The number of nitrogens with zero attached hydrogens (tertiary/aromatic N) is 1. The molecule has 0 amide bonds. The highest BCUT2D eigenvalue weighted by atomic mass is 19.1. The Hall–Kier alpha value is -1.96. The topological polar surface area (TPSA) is 12.4 Å². The first kappa shape index (κ1) is 10.6. The summed E-state index contributed by atoms with van der Waals surface area (Å²) in [6.45, 7) is 3.67. The predicted molar refractivity (Wildman–Crippen MR) is 65.8 cm³/mol. The maximum absolute atomic E-state index is 13.1. The number of benzene rings is 1. The Labute approximate surface area is 94.3 Å². The van der Waals surface area contributed by atoms with Crippen LogP contribution in [0.25, 0.3) is 5.57 Å². The lowest BCUT2D eigenvalue weighted by atomic mass is 10.0. The number of halogens is 1. The predicted octanol–water partition coefficient (Wildman–Crippen LogP) is 3.75. The van der Waals surface area contributed by atoms with Gasteiger partial charge < -0.3 is 0 Å². The molecule has 0 spiro atoms. The van der Waals surface area contributed by atoms with Crippen LogP contribution in [0.3, 0.4) is 0 Å². The molecule has 0 aromatic heterocycles. The van der Waals surface area contributed by atoms with Gasteiger partial charge >= 0.3 is 0 Å². The van der Waals surface area contributed by atoms with Crippen molar-refractivity contribution < 1.29 is 4.39 Å². The van der Waals surface area contributed by atoms with Crippen LogP contribution in [-0.2, 0) is 0 Å². The number of aliphatic imine (C=N–C) groups is 1. The van der Waals surface area contributed by atoms with Gasteiger partial charge in [-0.2, -0.15) is 0 Å². The molecule has 1 nitrogen and oxygen atoms in total. The molecule has 80 valence electrons. The van der Waals surface area contributed by atoms with E-state index in [0.29, 0.717) is 6.42 Å². The summed E-state index contributed by atoms with van der Waals surface area (Å²) in [5.74, 6) is -0.215. The molecule has 1 heterocycles. The average molecular weight is 213 g/mol. The summed E-state index contributed by atoms with van der Waals surface area (Å²) in [5.41, 5.74) is 2.78. The zero-order chi connectivity index (χ0) is 11.4. The average Bonchev–Trinajstić information content (AvgIpc) is 2.54. The number of hydrogen-bond donors (Lipinski definition) is 0. The third-order valence-corrected chi connectivity index (χ3v) is 2.41. The van der Waals surface area contributed by atoms with Gasteiger partial charge in [-0.3, -0.25) is 4.99 Å². The smallest absolute Gasteiger partial charge is 0.123 e. The minimum absolute atomic E-state index is 0.215. The lowest BCUT2D eigenvalue weighted by Gasteiger charge is -2.02. The van der Waals surface area contributed by atoms with E-state index in [1.54, 1.807) is 12.1 Å². The van der Waals surface area contributed by atoms with E-state index in [2.05, 4.69) is 11.6 Å². The van der Waals surface area contributed by atoms with Crippen LogP contribution < -0.4 is 0 Å². The monoisotopic (exact) mass is 213 g/mol. The highest BCUT2D eigenvalue weighted by Gasteiger charge is 2.03. The molecule has 1 aliphatic rings. The summed E-state index contributed by atoms with van der Waals surface area (Å²) in [5, 5.41) is 0. The minimum Gasteiger partial charge on any atom is -0.261 e. The molecule has 1 aromatic carbocycles. The van der Waals surface area contributed by atoms with Crippen molar-refractivity contribution in [1.29, 1.82) is 0 Å². The van der Waals surface area contributed by atoms with Gasteiger partial charge in [-0.25, -0.2) is 4.39 Å². The summed E-state index contributed by atoms with van der Waals surface area (Å²) in [6.07, 6.45) is 8.06. The van der Waals surface area contributed by atoms with Crippen molar-refractivity contribution >= 4 is 11.8 Å². The highest BCUT2D eigenvalue weighted by Crippen LogP contribution is 2.20. The van der Waals surface area contributed by atoms with Crippen molar-refractivity contribution in [2.75, 3.05) is 0 Å². The molecule has 0 N–H and O–H groups in total. The standard InChI is InChI=1S/C14H12FN/c1-2-14-7-6-11(8-9-16-14)12-4-3-5-13(15)10-12/h2-7,9-10H,1,8H2. The van der Waals surface area contributed by atoms with Crippen LogP contribution in [0, 0.1) is 5.82 Å². The first-order chi connectivity index (χ1) is 7.79. The second-order valence-corrected chi connectivity index (χ2v) is 3.51. The summed E-state index contributed by atoms with van der Waals surface area (Å²) in [7, 11) is 0. The number of allylic oxidation sites excluding steroid dienone is 4. The summed E-state index contributed by atoms with van der Waals surface area (Å²) in [6, 6.07) is 6.59. The Morgan fingerprint density at radius 2 is 2.19 bits per heavy atom. The molecular weight excluding hydrogens is 201 g/mol. The molecule has 0 aliphatic carbocycles. The normalized spacial score (nSPS) is 15.1. The Morgan fingerprint density at radius 1 is 1.31 bits per heavy atom. The third kappa shape index (κ3) is 2.34. The Kier molecular flexibility index (Phi) is 3.10. The van der Waals surface area contributed by atoms with Gasteiger partial charge in [0, 0.05) is 12.6 Å². The minimum atomic E-state index is -0.215. The zero-order valence-electron chi connectivity index (χ0n) is 8.86. The zero-order valence-corrected chi connectivity index (χ0v) is 8.86. The van der Waals surface area contributed by atoms with Crippen LogP contribution in [0.4, 0.5) is 4.39 Å². The molecule has 1 aromatic rings. The van der Waals surface area contributed by atoms with Crippen LogP contribution in [0.1, 0.15) is 12.0 Å². The van der Waals surface area contributed by atoms with E-state index in [4.69, 9.17) is 0 Å². The summed E-state index contributed by atoms with van der Waals surface area (Å²) < 4.78 is 13.1. The van der Waals surface area contributed by atoms with Gasteiger partial charge in [-0.1, -0.05) is 24.8 Å². The second kappa shape index (κ2) is 4.71. The van der Waals surface area contributed by atoms with Crippen molar-refractivity contribution in [3.05, 3.63) is 66.2 Å². The largest absolute Gasteiger partial charge is 0.261 e.